The van der Waals surface area contributed by atoms with Crippen molar-refractivity contribution >= 4 is 5.69 Å². The third-order valence-corrected chi connectivity index (χ3v) is 3.10. The van der Waals surface area contributed by atoms with Gasteiger partial charge in [0, 0.05) is 19.3 Å². The highest BCUT2D eigenvalue weighted by Gasteiger charge is 2.16. The molecule has 1 aromatic carbocycles. The molecule has 0 aliphatic rings. The summed E-state index contributed by atoms with van der Waals surface area (Å²) >= 11 is 0. The third-order valence-electron chi connectivity index (χ3n) is 3.10. The van der Waals surface area contributed by atoms with Crippen LogP contribution in [0.2, 0.25) is 0 Å². The average Bonchev–Trinajstić information content (AvgIpc) is 2.45. The van der Waals surface area contributed by atoms with Crippen molar-refractivity contribution in [1.29, 1.82) is 0 Å². The molecule has 0 aliphatic heterocycles. The zero-order valence-corrected chi connectivity index (χ0v) is 13.8. The molecule has 0 spiro atoms. The van der Waals surface area contributed by atoms with Crippen molar-refractivity contribution in [2.45, 2.75) is 26.2 Å². The molecule has 1 rings (SSSR count). The molecule has 0 atom stereocenters. The SMILES string of the molecule is COCCOCCOCCNc1ccccc1C(C)(C)C. The number of methoxy groups -OCH3 is 1. The molecule has 0 amide bonds. The van der Waals surface area contributed by atoms with Crippen LogP contribution in [0.4, 0.5) is 5.69 Å². The molecular formula is C17H29NO3. The standard InChI is InChI=1S/C17H29NO3/c1-17(2,3)15-7-5-6-8-16(15)18-9-10-20-13-14-21-12-11-19-4/h5-8,18H,9-14H2,1-4H3. The van der Waals surface area contributed by atoms with Crippen LogP contribution >= 0.6 is 0 Å². The summed E-state index contributed by atoms with van der Waals surface area (Å²) in [5.74, 6) is 0. The zero-order chi connectivity index (χ0) is 15.6. The second-order valence-electron chi connectivity index (χ2n) is 5.94. The summed E-state index contributed by atoms with van der Waals surface area (Å²) < 4.78 is 15.8. The Morgan fingerprint density at radius 1 is 0.905 bits per heavy atom. The highest BCUT2D eigenvalue weighted by molar-refractivity contribution is 5.54. The molecule has 0 heterocycles. The Morgan fingerprint density at radius 3 is 2.19 bits per heavy atom. The maximum absolute atomic E-state index is 5.53. The van der Waals surface area contributed by atoms with Gasteiger partial charge in [-0.3, -0.25) is 0 Å². The quantitative estimate of drug-likeness (QED) is 0.673. The largest absolute Gasteiger partial charge is 0.382 e. The maximum atomic E-state index is 5.53. The van der Waals surface area contributed by atoms with E-state index < -0.39 is 0 Å². The van der Waals surface area contributed by atoms with Crippen LogP contribution in [0.25, 0.3) is 0 Å². The summed E-state index contributed by atoms with van der Waals surface area (Å²) in [6.45, 7) is 10.6. The van der Waals surface area contributed by atoms with Crippen molar-refractivity contribution in [2.75, 3.05) is 52.0 Å². The Balaban J connectivity index is 2.19. The molecule has 1 aromatic rings. The van der Waals surface area contributed by atoms with Crippen LogP contribution in [0.15, 0.2) is 24.3 Å². The second kappa shape index (κ2) is 9.77. The summed E-state index contributed by atoms with van der Waals surface area (Å²) in [5, 5.41) is 3.45. The van der Waals surface area contributed by atoms with E-state index in [0.29, 0.717) is 33.0 Å². The van der Waals surface area contributed by atoms with Gasteiger partial charge in [0.1, 0.15) is 0 Å². The van der Waals surface area contributed by atoms with Gasteiger partial charge in [0.05, 0.1) is 33.0 Å². The minimum Gasteiger partial charge on any atom is -0.382 e. The predicted molar refractivity (Wildman–Crippen MR) is 87.1 cm³/mol. The molecule has 1 N–H and O–H groups in total. The van der Waals surface area contributed by atoms with E-state index in [-0.39, 0.29) is 5.41 Å². The van der Waals surface area contributed by atoms with E-state index >= 15 is 0 Å². The molecule has 0 fully saturated rings. The normalized spacial score (nSPS) is 11.6. The molecule has 0 aromatic heterocycles. The Kier molecular flexibility index (Phi) is 8.35. The number of rotatable bonds is 10. The number of ether oxygens (including phenoxy) is 3. The number of benzene rings is 1. The summed E-state index contributed by atoms with van der Waals surface area (Å²) in [5.41, 5.74) is 2.65. The van der Waals surface area contributed by atoms with Crippen LogP contribution in [0.5, 0.6) is 0 Å². The van der Waals surface area contributed by atoms with E-state index in [4.69, 9.17) is 14.2 Å². The molecule has 0 saturated carbocycles. The smallest absolute Gasteiger partial charge is 0.0701 e. The summed E-state index contributed by atoms with van der Waals surface area (Å²) in [4.78, 5) is 0. The van der Waals surface area contributed by atoms with Crippen molar-refractivity contribution in [3.8, 4) is 0 Å². The van der Waals surface area contributed by atoms with Crippen LogP contribution in [-0.2, 0) is 19.6 Å². The number of anilines is 1. The first-order chi connectivity index (χ1) is 10.1. The van der Waals surface area contributed by atoms with Gasteiger partial charge >= 0.3 is 0 Å². The highest BCUT2D eigenvalue weighted by atomic mass is 16.5. The van der Waals surface area contributed by atoms with Gasteiger partial charge in [-0.1, -0.05) is 39.0 Å². The Bertz CT molecular complexity index is 388. The lowest BCUT2D eigenvalue weighted by molar-refractivity contribution is 0.0272. The molecule has 0 aliphatic carbocycles. The average molecular weight is 295 g/mol. The fourth-order valence-corrected chi connectivity index (χ4v) is 2.01. The van der Waals surface area contributed by atoms with Crippen molar-refractivity contribution in [3.05, 3.63) is 29.8 Å². The zero-order valence-electron chi connectivity index (χ0n) is 13.8. The molecule has 4 nitrogen and oxygen atoms in total. The minimum absolute atomic E-state index is 0.139. The molecule has 120 valence electrons. The molecular weight excluding hydrogens is 266 g/mol. The number of hydrogen-bond donors (Lipinski definition) is 1. The summed E-state index contributed by atoms with van der Waals surface area (Å²) in [6.07, 6.45) is 0. The van der Waals surface area contributed by atoms with Crippen molar-refractivity contribution in [2.24, 2.45) is 0 Å². The first-order valence-corrected chi connectivity index (χ1v) is 7.53. The van der Waals surface area contributed by atoms with Gasteiger partial charge in [0.2, 0.25) is 0 Å². The molecule has 0 unspecified atom stereocenters. The van der Waals surface area contributed by atoms with Crippen LogP contribution in [-0.4, -0.2) is 46.7 Å². The summed E-state index contributed by atoms with van der Waals surface area (Å²) in [7, 11) is 1.67. The van der Waals surface area contributed by atoms with Crippen molar-refractivity contribution in [1.82, 2.24) is 0 Å². The molecule has 0 radical (unpaired) electrons. The third kappa shape index (κ3) is 7.46. The van der Waals surface area contributed by atoms with Gasteiger partial charge in [-0.25, -0.2) is 0 Å². The Morgan fingerprint density at radius 2 is 1.52 bits per heavy atom. The van der Waals surface area contributed by atoms with Gasteiger partial charge in [-0.15, -0.1) is 0 Å². The topological polar surface area (TPSA) is 39.7 Å². The fourth-order valence-electron chi connectivity index (χ4n) is 2.01. The van der Waals surface area contributed by atoms with Crippen LogP contribution < -0.4 is 5.32 Å². The van der Waals surface area contributed by atoms with Gasteiger partial charge < -0.3 is 19.5 Å². The highest BCUT2D eigenvalue weighted by Crippen LogP contribution is 2.28. The van der Waals surface area contributed by atoms with Crippen molar-refractivity contribution < 1.29 is 14.2 Å². The van der Waals surface area contributed by atoms with E-state index in [1.807, 2.05) is 0 Å². The molecule has 4 heteroatoms. The number of para-hydroxylation sites is 1. The monoisotopic (exact) mass is 295 g/mol. The van der Waals surface area contributed by atoms with Gasteiger partial charge in [-0.2, -0.15) is 0 Å². The molecule has 0 bridgehead atoms. The first-order valence-electron chi connectivity index (χ1n) is 7.53. The van der Waals surface area contributed by atoms with E-state index in [9.17, 15) is 0 Å². The van der Waals surface area contributed by atoms with Crippen LogP contribution in [0.3, 0.4) is 0 Å². The lowest BCUT2D eigenvalue weighted by atomic mass is 9.86. The van der Waals surface area contributed by atoms with Crippen molar-refractivity contribution in [3.63, 3.8) is 0 Å². The van der Waals surface area contributed by atoms with Gasteiger partial charge in [-0.05, 0) is 17.0 Å². The molecule has 0 saturated heterocycles. The van der Waals surface area contributed by atoms with E-state index in [0.717, 1.165) is 6.54 Å². The summed E-state index contributed by atoms with van der Waals surface area (Å²) in [6, 6.07) is 8.43. The van der Waals surface area contributed by atoms with Gasteiger partial charge in [0.15, 0.2) is 0 Å². The number of hydrogen-bond acceptors (Lipinski definition) is 4. The predicted octanol–water partition coefficient (Wildman–Crippen LogP) is 3.08. The lowest BCUT2D eigenvalue weighted by Gasteiger charge is -2.23. The minimum atomic E-state index is 0.139. The molecule has 21 heavy (non-hydrogen) atoms. The van der Waals surface area contributed by atoms with Crippen LogP contribution in [0, 0.1) is 0 Å². The maximum Gasteiger partial charge on any atom is 0.0701 e. The van der Waals surface area contributed by atoms with E-state index in [1.54, 1.807) is 7.11 Å². The second-order valence-corrected chi connectivity index (χ2v) is 5.94. The van der Waals surface area contributed by atoms with E-state index in [2.05, 4.69) is 50.4 Å². The Labute approximate surface area is 128 Å². The first kappa shape index (κ1) is 18.0. The number of nitrogens with one attached hydrogen (secondary N) is 1. The van der Waals surface area contributed by atoms with E-state index in [1.165, 1.54) is 11.3 Å². The van der Waals surface area contributed by atoms with Gasteiger partial charge in [0.25, 0.3) is 0 Å². The fraction of sp³-hybridized carbons (Fsp3) is 0.647. The van der Waals surface area contributed by atoms with Crippen LogP contribution in [0.1, 0.15) is 26.3 Å². The lowest BCUT2D eigenvalue weighted by Crippen LogP contribution is -2.18. The Hall–Kier alpha value is -1.10.